The minimum Gasteiger partial charge on any atom is -0.316 e. The van der Waals surface area contributed by atoms with E-state index in [1.165, 1.54) is 30.6 Å². The molecule has 2 atom stereocenters. The van der Waals surface area contributed by atoms with Gasteiger partial charge in [0.05, 0.1) is 0 Å². The third-order valence-electron chi connectivity index (χ3n) is 4.39. The molecule has 0 amide bonds. The predicted molar refractivity (Wildman–Crippen MR) is 95.1 cm³/mol. The fourth-order valence-corrected chi connectivity index (χ4v) is 5.01. The third-order valence-corrected chi connectivity index (χ3v) is 5.71. The Labute approximate surface area is 135 Å². The summed E-state index contributed by atoms with van der Waals surface area (Å²) in [5.74, 6) is 0.737. The normalized spacial score (nSPS) is 20.5. The van der Waals surface area contributed by atoms with Crippen LogP contribution in [0.5, 0.6) is 0 Å². The van der Waals surface area contributed by atoms with Gasteiger partial charge in [0.2, 0.25) is 0 Å². The molecular formula is C19H31NS. The lowest BCUT2D eigenvalue weighted by Gasteiger charge is -2.32. The Morgan fingerprint density at radius 3 is 2.76 bits per heavy atom. The van der Waals surface area contributed by atoms with Gasteiger partial charge in [-0.2, -0.15) is 0 Å². The van der Waals surface area contributed by atoms with Crippen LogP contribution in [0.1, 0.15) is 52.5 Å². The number of rotatable bonds is 8. The zero-order chi connectivity index (χ0) is 15.3. The molecule has 1 aromatic carbocycles. The van der Waals surface area contributed by atoms with Crippen LogP contribution in [0.2, 0.25) is 0 Å². The van der Waals surface area contributed by atoms with Crippen molar-refractivity contribution in [1.82, 2.24) is 5.32 Å². The van der Waals surface area contributed by atoms with E-state index in [1.807, 2.05) is 0 Å². The van der Waals surface area contributed by atoms with Gasteiger partial charge in [0, 0.05) is 16.7 Å². The summed E-state index contributed by atoms with van der Waals surface area (Å²) in [7, 11) is 0. The van der Waals surface area contributed by atoms with E-state index in [0.717, 1.165) is 24.3 Å². The molecule has 0 bridgehead atoms. The van der Waals surface area contributed by atoms with Crippen molar-refractivity contribution in [2.75, 3.05) is 13.1 Å². The van der Waals surface area contributed by atoms with Crippen LogP contribution in [-0.2, 0) is 6.42 Å². The van der Waals surface area contributed by atoms with Crippen LogP contribution in [0.4, 0.5) is 0 Å². The second-order valence-corrected chi connectivity index (χ2v) is 8.68. The van der Waals surface area contributed by atoms with Gasteiger partial charge in [0.1, 0.15) is 0 Å². The molecule has 0 fully saturated rings. The van der Waals surface area contributed by atoms with Crippen LogP contribution in [-0.4, -0.2) is 18.3 Å². The first-order chi connectivity index (χ1) is 10.0. The van der Waals surface area contributed by atoms with Crippen LogP contribution >= 0.6 is 11.8 Å². The standard InChI is InChI=1S/C19H31NS/c1-5-10-19(4,14-20-13-15(2)3)12-17-11-16-8-6-7-9-18(16)21-17/h6-9,15,17,20H,5,10-14H2,1-4H3. The number of benzene rings is 1. The molecule has 0 saturated heterocycles. The monoisotopic (exact) mass is 305 g/mol. The second kappa shape index (κ2) is 7.69. The van der Waals surface area contributed by atoms with E-state index in [4.69, 9.17) is 0 Å². The predicted octanol–water partition coefficient (Wildman–Crippen LogP) is 5.15. The Morgan fingerprint density at radius 2 is 2.10 bits per heavy atom. The number of fused-ring (bicyclic) bond motifs is 1. The van der Waals surface area contributed by atoms with Gasteiger partial charge in [-0.05, 0) is 48.8 Å². The molecule has 1 N–H and O–H groups in total. The van der Waals surface area contributed by atoms with E-state index in [9.17, 15) is 0 Å². The highest BCUT2D eigenvalue weighted by molar-refractivity contribution is 8.00. The van der Waals surface area contributed by atoms with E-state index < -0.39 is 0 Å². The molecule has 0 aliphatic carbocycles. The summed E-state index contributed by atoms with van der Waals surface area (Å²) in [6, 6.07) is 8.94. The molecule has 1 nitrogen and oxygen atoms in total. The molecule has 21 heavy (non-hydrogen) atoms. The van der Waals surface area contributed by atoms with Gasteiger partial charge in [0.25, 0.3) is 0 Å². The first-order valence-corrected chi connectivity index (χ1v) is 9.35. The molecule has 0 spiro atoms. The zero-order valence-corrected chi connectivity index (χ0v) is 14.9. The summed E-state index contributed by atoms with van der Waals surface area (Å²) in [6.07, 6.45) is 5.19. The number of thioether (sulfide) groups is 1. The molecule has 2 heteroatoms. The zero-order valence-electron chi connectivity index (χ0n) is 14.1. The van der Waals surface area contributed by atoms with Crippen molar-refractivity contribution in [3.63, 3.8) is 0 Å². The second-order valence-electron chi connectivity index (χ2n) is 7.34. The van der Waals surface area contributed by atoms with Crippen LogP contribution in [0, 0.1) is 11.3 Å². The van der Waals surface area contributed by atoms with E-state index in [0.29, 0.717) is 5.41 Å². The average Bonchev–Trinajstić information content (AvgIpc) is 2.79. The Morgan fingerprint density at radius 1 is 1.33 bits per heavy atom. The minimum absolute atomic E-state index is 0.434. The largest absolute Gasteiger partial charge is 0.316 e. The van der Waals surface area contributed by atoms with Crippen molar-refractivity contribution >= 4 is 11.8 Å². The van der Waals surface area contributed by atoms with Crippen molar-refractivity contribution in [3.8, 4) is 0 Å². The molecule has 2 rings (SSSR count). The number of hydrogen-bond donors (Lipinski definition) is 1. The van der Waals surface area contributed by atoms with E-state index in [2.05, 4.69) is 69.0 Å². The summed E-state index contributed by atoms with van der Waals surface area (Å²) >= 11 is 2.10. The summed E-state index contributed by atoms with van der Waals surface area (Å²) < 4.78 is 0. The summed E-state index contributed by atoms with van der Waals surface area (Å²) in [4.78, 5) is 1.51. The number of nitrogens with one attached hydrogen (secondary N) is 1. The summed E-state index contributed by atoms with van der Waals surface area (Å²) in [5.41, 5.74) is 1.99. The molecule has 1 aromatic rings. The van der Waals surface area contributed by atoms with Crippen LogP contribution < -0.4 is 5.32 Å². The van der Waals surface area contributed by atoms with Crippen molar-refractivity contribution < 1.29 is 0 Å². The molecule has 0 saturated carbocycles. The molecular weight excluding hydrogens is 274 g/mol. The van der Waals surface area contributed by atoms with Gasteiger partial charge in [0.15, 0.2) is 0 Å². The van der Waals surface area contributed by atoms with E-state index in [1.54, 1.807) is 5.56 Å². The van der Waals surface area contributed by atoms with Gasteiger partial charge < -0.3 is 5.32 Å². The third kappa shape index (κ3) is 5.03. The summed E-state index contributed by atoms with van der Waals surface area (Å²) in [6.45, 7) is 11.7. The fourth-order valence-electron chi connectivity index (χ4n) is 3.45. The number of hydrogen-bond acceptors (Lipinski definition) is 2. The van der Waals surface area contributed by atoms with Gasteiger partial charge in [-0.1, -0.05) is 52.3 Å². The van der Waals surface area contributed by atoms with Gasteiger partial charge in [-0.25, -0.2) is 0 Å². The Hall–Kier alpha value is -0.470. The first-order valence-electron chi connectivity index (χ1n) is 8.48. The lowest BCUT2D eigenvalue weighted by atomic mass is 9.80. The highest BCUT2D eigenvalue weighted by Crippen LogP contribution is 2.43. The Balaban J connectivity index is 1.91. The van der Waals surface area contributed by atoms with Crippen LogP contribution in [0.15, 0.2) is 29.2 Å². The van der Waals surface area contributed by atoms with Gasteiger partial charge >= 0.3 is 0 Å². The Kier molecular flexibility index (Phi) is 6.19. The molecule has 0 radical (unpaired) electrons. The highest BCUT2D eigenvalue weighted by Gasteiger charge is 2.31. The average molecular weight is 306 g/mol. The molecule has 1 aliphatic rings. The SMILES string of the molecule is CCCC(C)(CNCC(C)C)CC1Cc2ccccc2S1. The van der Waals surface area contributed by atoms with Gasteiger partial charge in [-0.15, -0.1) is 11.8 Å². The molecule has 1 heterocycles. The highest BCUT2D eigenvalue weighted by atomic mass is 32.2. The fraction of sp³-hybridized carbons (Fsp3) is 0.684. The minimum atomic E-state index is 0.434. The quantitative estimate of drug-likeness (QED) is 0.713. The van der Waals surface area contributed by atoms with Crippen molar-refractivity contribution in [3.05, 3.63) is 29.8 Å². The summed E-state index contributed by atoms with van der Waals surface area (Å²) in [5, 5.41) is 4.46. The van der Waals surface area contributed by atoms with Gasteiger partial charge in [-0.3, -0.25) is 0 Å². The smallest absolute Gasteiger partial charge is 0.0141 e. The maximum absolute atomic E-state index is 3.70. The topological polar surface area (TPSA) is 12.0 Å². The van der Waals surface area contributed by atoms with E-state index >= 15 is 0 Å². The molecule has 1 aliphatic heterocycles. The van der Waals surface area contributed by atoms with Crippen LogP contribution in [0.3, 0.4) is 0 Å². The maximum Gasteiger partial charge on any atom is 0.0141 e. The molecule has 0 aromatic heterocycles. The van der Waals surface area contributed by atoms with Crippen molar-refractivity contribution in [1.29, 1.82) is 0 Å². The first kappa shape index (κ1) is 16.9. The lowest BCUT2D eigenvalue weighted by Crippen LogP contribution is -2.36. The van der Waals surface area contributed by atoms with Crippen LogP contribution in [0.25, 0.3) is 0 Å². The molecule has 2 unspecified atom stereocenters. The maximum atomic E-state index is 3.70. The lowest BCUT2D eigenvalue weighted by molar-refractivity contribution is 0.250. The van der Waals surface area contributed by atoms with Crippen molar-refractivity contribution in [2.45, 2.75) is 63.5 Å². The van der Waals surface area contributed by atoms with E-state index in [-0.39, 0.29) is 0 Å². The van der Waals surface area contributed by atoms with Crippen molar-refractivity contribution in [2.24, 2.45) is 11.3 Å². The Bertz CT molecular complexity index is 418. The molecule has 118 valence electrons.